The van der Waals surface area contributed by atoms with Crippen LogP contribution in [0.3, 0.4) is 0 Å². The molecule has 27 heavy (non-hydrogen) atoms. The first kappa shape index (κ1) is 19.2. The molecule has 0 unspecified atom stereocenters. The van der Waals surface area contributed by atoms with Gasteiger partial charge in [-0.05, 0) is 47.9 Å². The Morgan fingerprint density at radius 2 is 2.00 bits per heavy atom. The predicted octanol–water partition coefficient (Wildman–Crippen LogP) is 2.71. The van der Waals surface area contributed by atoms with Crippen LogP contribution in [0.1, 0.15) is 30.3 Å². The topological polar surface area (TPSA) is 63.9 Å². The zero-order valence-corrected chi connectivity index (χ0v) is 14.7. The van der Waals surface area contributed by atoms with Crippen molar-refractivity contribution in [2.45, 2.75) is 38.4 Å². The lowest BCUT2D eigenvalue weighted by Gasteiger charge is -2.35. The van der Waals surface area contributed by atoms with E-state index in [2.05, 4.69) is 15.5 Å². The highest BCUT2D eigenvalue weighted by Gasteiger charge is 2.43. The minimum absolute atomic E-state index is 0.0137. The van der Waals surface area contributed by atoms with Gasteiger partial charge in [-0.1, -0.05) is 12.1 Å². The second-order valence-electron chi connectivity index (χ2n) is 6.68. The van der Waals surface area contributed by atoms with E-state index in [9.17, 15) is 22.4 Å². The summed E-state index contributed by atoms with van der Waals surface area (Å²) in [5.41, 5.74) is 0.661. The van der Waals surface area contributed by atoms with E-state index < -0.39 is 29.9 Å². The van der Waals surface area contributed by atoms with Crippen LogP contribution in [0.2, 0.25) is 0 Å². The molecule has 1 aromatic heterocycles. The summed E-state index contributed by atoms with van der Waals surface area (Å²) in [7, 11) is 0. The fourth-order valence-electron chi connectivity index (χ4n) is 3.30. The van der Waals surface area contributed by atoms with Crippen molar-refractivity contribution < 1.29 is 22.4 Å². The maximum absolute atomic E-state index is 13.1. The van der Waals surface area contributed by atoms with Crippen molar-refractivity contribution in [3.63, 3.8) is 0 Å². The molecule has 0 aliphatic carbocycles. The molecular formula is C17H19F4N5O. The molecule has 3 rings (SSSR count). The van der Waals surface area contributed by atoms with Crippen LogP contribution >= 0.6 is 0 Å². The van der Waals surface area contributed by atoms with E-state index >= 15 is 0 Å². The number of nitrogens with zero attached hydrogens (tertiary/aromatic N) is 5. The summed E-state index contributed by atoms with van der Waals surface area (Å²) in [6.07, 6.45) is -3.89. The summed E-state index contributed by atoms with van der Waals surface area (Å²) in [6.45, 7) is 1.50. The molecule has 2 aromatic rings. The number of amides is 1. The number of aryl methyl sites for hydroxylation is 1. The van der Waals surface area contributed by atoms with Gasteiger partial charge in [0.15, 0.2) is 0 Å². The largest absolute Gasteiger partial charge is 0.393 e. The van der Waals surface area contributed by atoms with E-state index in [-0.39, 0.29) is 32.4 Å². The van der Waals surface area contributed by atoms with Crippen LogP contribution in [0.25, 0.3) is 0 Å². The number of rotatable bonds is 4. The average molecular weight is 385 g/mol. The van der Waals surface area contributed by atoms with Gasteiger partial charge in [0, 0.05) is 19.5 Å². The van der Waals surface area contributed by atoms with Crippen molar-refractivity contribution in [2.24, 2.45) is 5.92 Å². The number of halogens is 4. The van der Waals surface area contributed by atoms with Crippen LogP contribution in [0, 0.1) is 18.7 Å². The van der Waals surface area contributed by atoms with E-state index in [1.807, 2.05) is 0 Å². The zero-order chi connectivity index (χ0) is 19.6. The molecule has 0 N–H and O–H groups in total. The summed E-state index contributed by atoms with van der Waals surface area (Å²) >= 11 is 0. The summed E-state index contributed by atoms with van der Waals surface area (Å²) in [5, 5.41) is 11.1. The average Bonchev–Trinajstić information content (AvgIpc) is 3.06. The van der Waals surface area contributed by atoms with Gasteiger partial charge in [0.2, 0.25) is 5.91 Å². The Morgan fingerprint density at radius 3 is 2.59 bits per heavy atom. The number of aromatic nitrogens is 4. The molecule has 2 atom stereocenters. The number of likely N-dealkylation sites (tertiary alicyclic amines) is 1. The normalized spacial score (nSPS) is 19.1. The number of hydrogen-bond acceptors (Lipinski definition) is 4. The lowest BCUT2D eigenvalue weighted by atomic mass is 9.96. The SMILES string of the molecule is Cc1nnnn1[C@@H](Cc1ccc(F)cc1)C(=O)N1CCC[C@H](C(F)(F)F)C1. The molecule has 6 nitrogen and oxygen atoms in total. The molecule has 2 heterocycles. The highest BCUT2D eigenvalue weighted by atomic mass is 19.4. The van der Waals surface area contributed by atoms with Crippen molar-refractivity contribution in [1.82, 2.24) is 25.1 Å². The number of carbonyl (C=O) groups excluding carboxylic acids is 1. The second-order valence-corrected chi connectivity index (χ2v) is 6.68. The van der Waals surface area contributed by atoms with Crippen LogP contribution in [-0.4, -0.2) is 50.3 Å². The quantitative estimate of drug-likeness (QED) is 0.760. The number of piperidine rings is 1. The molecule has 0 spiro atoms. The van der Waals surface area contributed by atoms with Crippen LogP contribution < -0.4 is 0 Å². The highest BCUT2D eigenvalue weighted by molar-refractivity contribution is 5.81. The third-order valence-corrected chi connectivity index (χ3v) is 4.78. The Morgan fingerprint density at radius 1 is 1.30 bits per heavy atom. The standard InChI is InChI=1S/C17H19F4N5O/c1-11-22-23-24-26(11)15(9-12-4-6-14(18)7-5-12)16(27)25-8-2-3-13(10-25)17(19,20)21/h4-7,13,15H,2-3,8-10H2,1H3/t13-,15-/m0/s1. The van der Waals surface area contributed by atoms with E-state index in [0.717, 1.165) is 0 Å². The van der Waals surface area contributed by atoms with Gasteiger partial charge in [0.1, 0.15) is 17.7 Å². The number of tetrazole rings is 1. The molecule has 1 amide bonds. The Bertz CT molecular complexity index is 789. The van der Waals surface area contributed by atoms with Crippen LogP contribution in [0.4, 0.5) is 17.6 Å². The maximum Gasteiger partial charge on any atom is 0.393 e. The molecule has 1 fully saturated rings. The van der Waals surface area contributed by atoms with Crippen LogP contribution in [0.5, 0.6) is 0 Å². The van der Waals surface area contributed by atoms with Gasteiger partial charge in [-0.25, -0.2) is 9.07 Å². The third-order valence-electron chi connectivity index (χ3n) is 4.78. The molecule has 146 valence electrons. The Hall–Kier alpha value is -2.52. The number of hydrogen-bond donors (Lipinski definition) is 0. The first-order chi connectivity index (χ1) is 12.8. The minimum Gasteiger partial charge on any atom is -0.340 e. The Labute approximate surface area is 153 Å². The first-order valence-electron chi connectivity index (χ1n) is 8.60. The number of benzene rings is 1. The van der Waals surface area contributed by atoms with Gasteiger partial charge in [-0.15, -0.1) is 5.10 Å². The molecule has 1 aliphatic heterocycles. The lowest BCUT2D eigenvalue weighted by Crippen LogP contribution is -2.47. The monoisotopic (exact) mass is 385 g/mol. The predicted molar refractivity (Wildman–Crippen MR) is 87.1 cm³/mol. The van der Waals surface area contributed by atoms with Gasteiger partial charge < -0.3 is 4.90 Å². The van der Waals surface area contributed by atoms with Crippen molar-refractivity contribution in [2.75, 3.05) is 13.1 Å². The van der Waals surface area contributed by atoms with Crippen molar-refractivity contribution >= 4 is 5.91 Å². The number of alkyl halides is 3. The minimum atomic E-state index is -4.34. The van der Waals surface area contributed by atoms with Gasteiger partial charge in [0.25, 0.3) is 0 Å². The first-order valence-corrected chi connectivity index (χ1v) is 8.60. The third kappa shape index (κ3) is 4.42. The van der Waals surface area contributed by atoms with Gasteiger partial charge >= 0.3 is 6.18 Å². The van der Waals surface area contributed by atoms with Crippen molar-refractivity contribution in [3.05, 3.63) is 41.5 Å². The van der Waals surface area contributed by atoms with Gasteiger partial charge in [-0.3, -0.25) is 4.79 Å². The summed E-state index contributed by atoms with van der Waals surface area (Å²) < 4.78 is 53.7. The molecule has 1 saturated heterocycles. The molecule has 0 saturated carbocycles. The molecule has 10 heteroatoms. The van der Waals surface area contributed by atoms with Crippen molar-refractivity contribution in [1.29, 1.82) is 0 Å². The Balaban J connectivity index is 1.85. The second kappa shape index (κ2) is 7.61. The van der Waals surface area contributed by atoms with Crippen LogP contribution in [0.15, 0.2) is 24.3 Å². The molecule has 0 radical (unpaired) electrons. The van der Waals surface area contributed by atoms with E-state index in [1.54, 1.807) is 6.92 Å². The lowest BCUT2D eigenvalue weighted by molar-refractivity contribution is -0.188. The molecule has 1 aromatic carbocycles. The van der Waals surface area contributed by atoms with E-state index in [0.29, 0.717) is 11.4 Å². The Kier molecular flexibility index (Phi) is 5.43. The van der Waals surface area contributed by atoms with E-state index in [1.165, 1.54) is 33.8 Å². The summed E-state index contributed by atoms with van der Waals surface area (Å²) in [5.74, 6) is -2.04. The smallest absolute Gasteiger partial charge is 0.340 e. The van der Waals surface area contributed by atoms with Gasteiger partial charge in [-0.2, -0.15) is 13.2 Å². The fourth-order valence-corrected chi connectivity index (χ4v) is 3.30. The zero-order valence-electron chi connectivity index (χ0n) is 14.7. The molecule has 0 bridgehead atoms. The maximum atomic E-state index is 13.1. The van der Waals surface area contributed by atoms with E-state index in [4.69, 9.17) is 0 Å². The summed E-state index contributed by atoms with van der Waals surface area (Å²) in [6, 6.07) is 4.71. The molecular weight excluding hydrogens is 366 g/mol. The van der Waals surface area contributed by atoms with Crippen LogP contribution in [-0.2, 0) is 11.2 Å². The molecule has 1 aliphatic rings. The fraction of sp³-hybridized carbons (Fsp3) is 0.529. The van der Waals surface area contributed by atoms with Gasteiger partial charge in [0.05, 0.1) is 5.92 Å². The summed E-state index contributed by atoms with van der Waals surface area (Å²) in [4.78, 5) is 14.3. The number of carbonyl (C=O) groups is 1. The highest BCUT2D eigenvalue weighted by Crippen LogP contribution is 2.34. The van der Waals surface area contributed by atoms with Crippen molar-refractivity contribution in [3.8, 4) is 0 Å².